The molecule has 0 aliphatic carbocycles. The maximum atomic E-state index is 12.3. The molecule has 0 spiro atoms. The Bertz CT molecular complexity index is 615. The molecule has 0 aromatic heterocycles. The van der Waals surface area contributed by atoms with Crippen molar-refractivity contribution in [3.8, 4) is 0 Å². The minimum atomic E-state index is -3.42. The Morgan fingerprint density at radius 1 is 1.43 bits per heavy atom. The van der Waals surface area contributed by atoms with Gasteiger partial charge < -0.3 is 10.5 Å². The topological polar surface area (TPSA) is 86.5 Å². The second-order valence-corrected chi connectivity index (χ2v) is 9.04. The van der Waals surface area contributed by atoms with Crippen LogP contribution in [-0.2, 0) is 31.9 Å². The molecule has 1 aromatic carbocycles. The van der Waals surface area contributed by atoms with E-state index in [0.29, 0.717) is 13.2 Å². The summed E-state index contributed by atoms with van der Waals surface area (Å²) < 4.78 is 42.2. The van der Waals surface area contributed by atoms with Crippen molar-refractivity contribution in [1.29, 1.82) is 0 Å². The lowest BCUT2D eigenvalue weighted by molar-refractivity contribution is 0.127. The van der Waals surface area contributed by atoms with Gasteiger partial charge in [0.25, 0.3) is 0 Å². The minimum Gasteiger partial charge on any atom is -0.377 e. The fraction of sp³-hybridized carbons (Fsp3) is 0.571. The van der Waals surface area contributed by atoms with Crippen LogP contribution in [-0.4, -0.2) is 42.1 Å². The maximum Gasteiger partial charge on any atom is 0.179 e. The molecule has 118 valence electrons. The Kier molecular flexibility index (Phi) is 5.54. The lowest BCUT2D eigenvalue weighted by Gasteiger charge is -2.13. The number of benzene rings is 1. The van der Waals surface area contributed by atoms with Crippen molar-refractivity contribution in [3.05, 3.63) is 29.8 Å². The SMILES string of the molecule is CC1OCCC1S(=O)CCS(=O)(=O)c1cccc(CN)c1. The van der Waals surface area contributed by atoms with Crippen LogP contribution in [0.3, 0.4) is 0 Å². The monoisotopic (exact) mass is 331 g/mol. The number of hydrogen-bond donors (Lipinski definition) is 1. The van der Waals surface area contributed by atoms with Gasteiger partial charge in [0.2, 0.25) is 0 Å². The third-order valence-electron chi connectivity index (χ3n) is 3.69. The van der Waals surface area contributed by atoms with Crippen molar-refractivity contribution in [3.63, 3.8) is 0 Å². The molecule has 1 aliphatic heterocycles. The normalized spacial score (nSPS) is 24.1. The Morgan fingerprint density at radius 2 is 2.19 bits per heavy atom. The van der Waals surface area contributed by atoms with E-state index < -0.39 is 20.6 Å². The molecule has 0 radical (unpaired) electrons. The second kappa shape index (κ2) is 7.00. The third kappa shape index (κ3) is 4.12. The molecule has 0 amide bonds. The van der Waals surface area contributed by atoms with E-state index in [0.717, 1.165) is 12.0 Å². The number of rotatable bonds is 6. The Balaban J connectivity index is 2.02. The van der Waals surface area contributed by atoms with Crippen molar-refractivity contribution in [2.24, 2.45) is 5.73 Å². The molecule has 1 saturated heterocycles. The molecule has 1 aromatic rings. The molecule has 2 N–H and O–H groups in total. The molecule has 5 nitrogen and oxygen atoms in total. The molecule has 7 heteroatoms. The van der Waals surface area contributed by atoms with Gasteiger partial charge in [-0.2, -0.15) is 0 Å². The summed E-state index contributed by atoms with van der Waals surface area (Å²) in [7, 11) is -4.61. The molecule has 1 aliphatic rings. The average molecular weight is 331 g/mol. The lowest BCUT2D eigenvalue weighted by Crippen LogP contribution is -2.27. The van der Waals surface area contributed by atoms with Crippen molar-refractivity contribution >= 4 is 20.6 Å². The van der Waals surface area contributed by atoms with Gasteiger partial charge >= 0.3 is 0 Å². The first kappa shape index (κ1) is 16.6. The van der Waals surface area contributed by atoms with Crippen LogP contribution >= 0.6 is 0 Å². The molecule has 3 atom stereocenters. The molecule has 2 rings (SSSR count). The highest BCUT2D eigenvalue weighted by atomic mass is 32.2. The largest absolute Gasteiger partial charge is 0.377 e. The molecule has 1 heterocycles. The molecule has 21 heavy (non-hydrogen) atoms. The summed E-state index contributed by atoms with van der Waals surface area (Å²) >= 11 is 0. The molecule has 0 saturated carbocycles. The van der Waals surface area contributed by atoms with E-state index in [4.69, 9.17) is 10.5 Å². The van der Waals surface area contributed by atoms with E-state index in [1.807, 2.05) is 6.92 Å². The summed E-state index contributed by atoms with van der Waals surface area (Å²) in [4.78, 5) is 0.248. The smallest absolute Gasteiger partial charge is 0.179 e. The predicted octanol–water partition coefficient (Wildman–Crippen LogP) is 0.845. The highest BCUT2D eigenvalue weighted by Crippen LogP contribution is 2.20. The second-order valence-electron chi connectivity index (χ2n) is 5.16. The van der Waals surface area contributed by atoms with E-state index >= 15 is 0 Å². The van der Waals surface area contributed by atoms with Gasteiger partial charge in [0, 0.05) is 29.7 Å². The summed E-state index contributed by atoms with van der Waals surface area (Å²) in [5.74, 6) is 0.0322. The van der Waals surface area contributed by atoms with Crippen molar-refractivity contribution < 1.29 is 17.4 Å². The summed E-state index contributed by atoms with van der Waals surface area (Å²) in [6.45, 7) is 2.78. The van der Waals surface area contributed by atoms with Gasteiger partial charge in [0.15, 0.2) is 9.84 Å². The number of hydrogen-bond acceptors (Lipinski definition) is 5. The molecule has 0 bridgehead atoms. The van der Waals surface area contributed by atoms with Gasteiger partial charge in [0.05, 0.1) is 22.0 Å². The molecular formula is C14H21NO4S2. The number of ether oxygens (including phenoxy) is 1. The maximum absolute atomic E-state index is 12.3. The zero-order valence-corrected chi connectivity index (χ0v) is 13.7. The van der Waals surface area contributed by atoms with Crippen molar-refractivity contribution in [2.75, 3.05) is 18.1 Å². The first-order valence-electron chi connectivity index (χ1n) is 6.94. The van der Waals surface area contributed by atoms with Crippen LogP contribution in [0.25, 0.3) is 0 Å². The van der Waals surface area contributed by atoms with Gasteiger partial charge in [0.1, 0.15) is 0 Å². The van der Waals surface area contributed by atoms with E-state index in [9.17, 15) is 12.6 Å². The van der Waals surface area contributed by atoms with Crippen LogP contribution in [0, 0.1) is 0 Å². The first-order valence-corrected chi connectivity index (χ1v) is 9.98. The standard InChI is InChI=1S/C14H21NO4S2/c1-11-14(5-6-19-11)20(16)7-8-21(17,18)13-4-2-3-12(9-13)10-15/h2-4,9,11,14H,5-8,10,15H2,1H3. The highest BCUT2D eigenvalue weighted by Gasteiger charge is 2.30. The zero-order chi connectivity index (χ0) is 15.5. The number of sulfone groups is 1. The Morgan fingerprint density at radius 3 is 2.81 bits per heavy atom. The molecule has 1 fully saturated rings. The molecule has 3 unspecified atom stereocenters. The van der Waals surface area contributed by atoms with E-state index in [-0.39, 0.29) is 27.8 Å². The summed E-state index contributed by atoms with van der Waals surface area (Å²) in [5.41, 5.74) is 6.30. The van der Waals surface area contributed by atoms with Crippen LogP contribution in [0.15, 0.2) is 29.2 Å². The third-order valence-corrected chi connectivity index (χ3v) is 7.56. The van der Waals surface area contributed by atoms with E-state index in [1.54, 1.807) is 24.3 Å². The zero-order valence-electron chi connectivity index (χ0n) is 12.0. The Hall–Kier alpha value is -0.760. The predicted molar refractivity (Wildman–Crippen MR) is 83.2 cm³/mol. The van der Waals surface area contributed by atoms with Crippen LogP contribution in [0.2, 0.25) is 0 Å². The van der Waals surface area contributed by atoms with Gasteiger partial charge in [-0.25, -0.2) is 8.42 Å². The van der Waals surface area contributed by atoms with Gasteiger partial charge in [-0.05, 0) is 31.0 Å². The Labute approximate surface area is 128 Å². The fourth-order valence-corrected chi connectivity index (χ4v) is 5.94. The fourth-order valence-electron chi connectivity index (χ4n) is 2.38. The summed E-state index contributed by atoms with van der Waals surface area (Å²) in [6, 6.07) is 6.60. The van der Waals surface area contributed by atoms with Crippen LogP contribution in [0.1, 0.15) is 18.9 Å². The van der Waals surface area contributed by atoms with Crippen LogP contribution < -0.4 is 5.73 Å². The van der Waals surface area contributed by atoms with Gasteiger partial charge in [-0.15, -0.1) is 0 Å². The van der Waals surface area contributed by atoms with E-state index in [1.165, 1.54) is 0 Å². The van der Waals surface area contributed by atoms with Gasteiger partial charge in [-0.1, -0.05) is 12.1 Å². The van der Waals surface area contributed by atoms with E-state index in [2.05, 4.69) is 0 Å². The van der Waals surface area contributed by atoms with Crippen LogP contribution in [0.4, 0.5) is 0 Å². The summed E-state index contributed by atoms with van der Waals surface area (Å²) in [6.07, 6.45) is 0.672. The quantitative estimate of drug-likeness (QED) is 0.835. The van der Waals surface area contributed by atoms with Gasteiger partial charge in [-0.3, -0.25) is 4.21 Å². The minimum absolute atomic E-state index is 0.0597. The molecular weight excluding hydrogens is 310 g/mol. The summed E-state index contributed by atoms with van der Waals surface area (Å²) in [5, 5.41) is -0.0597. The van der Waals surface area contributed by atoms with Crippen LogP contribution in [0.5, 0.6) is 0 Å². The van der Waals surface area contributed by atoms with Crippen molar-refractivity contribution in [1.82, 2.24) is 0 Å². The number of nitrogens with two attached hydrogens (primary N) is 1. The average Bonchev–Trinajstić information content (AvgIpc) is 2.91. The lowest BCUT2D eigenvalue weighted by atomic mass is 10.2. The first-order chi connectivity index (χ1) is 9.94. The highest BCUT2D eigenvalue weighted by molar-refractivity contribution is 7.93. The van der Waals surface area contributed by atoms with Crippen molar-refractivity contribution in [2.45, 2.75) is 36.1 Å².